The Labute approximate surface area is 203 Å². The molecule has 2 heterocycles. The summed E-state index contributed by atoms with van der Waals surface area (Å²) in [7, 11) is 0. The summed E-state index contributed by atoms with van der Waals surface area (Å²) in [6.07, 6.45) is 1.89. The molecule has 0 saturated carbocycles. The molecule has 0 amide bonds. The summed E-state index contributed by atoms with van der Waals surface area (Å²) < 4.78 is 6.18. The Morgan fingerprint density at radius 1 is 1.00 bits per heavy atom. The number of benzene rings is 2. The Balaban J connectivity index is 0.00000289. The molecule has 0 saturated heterocycles. The zero-order chi connectivity index (χ0) is 21.5. The van der Waals surface area contributed by atoms with Gasteiger partial charge in [-0.25, -0.2) is 9.97 Å². The number of thiazole rings is 1. The van der Waals surface area contributed by atoms with Gasteiger partial charge in [0, 0.05) is 22.2 Å². The summed E-state index contributed by atoms with van der Waals surface area (Å²) in [6, 6.07) is 22.7. The van der Waals surface area contributed by atoms with E-state index < -0.39 is 0 Å². The molecule has 0 aliphatic rings. The van der Waals surface area contributed by atoms with E-state index in [2.05, 4.69) is 77.0 Å². The molecule has 0 spiro atoms. The molecule has 4 aromatic rings. The number of ether oxygens (including phenoxy) is 1. The van der Waals surface area contributed by atoms with Gasteiger partial charge in [-0.05, 0) is 23.1 Å². The van der Waals surface area contributed by atoms with Crippen LogP contribution in [0.1, 0.15) is 36.6 Å². The predicted octanol–water partition coefficient (Wildman–Crippen LogP) is 7.70. The van der Waals surface area contributed by atoms with E-state index in [0.29, 0.717) is 18.3 Å². The average Bonchev–Trinajstić information content (AvgIpc) is 3.28. The molecule has 0 radical (unpaired) electrons. The van der Waals surface area contributed by atoms with Gasteiger partial charge in [-0.15, -0.1) is 35.5 Å². The maximum absolute atomic E-state index is 6.18. The smallest absolute Gasteiger partial charge is 0.188 e. The van der Waals surface area contributed by atoms with Crippen LogP contribution in [0.3, 0.4) is 0 Å². The molecule has 1 N–H and O–H groups in total. The second-order valence-electron chi connectivity index (χ2n) is 7.42. The van der Waals surface area contributed by atoms with Crippen LogP contribution in [0, 0.1) is 0 Å². The number of aromatic nitrogens is 2. The maximum atomic E-state index is 6.18. The molecule has 4 rings (SSSR count). The number of nitrogens with zero attached hydrogens (tertiary/aromatic N) is 2. The largest absolute Gasteiger partial charge is 0.485 e. The highest BCUT2D eigenvalue weighted by atomic mass is 35.5. The first kappa shape index (κ1) is 24.1. The highest BCUT2D eigenvalue weighted by molar-refractivity contribution is 7.98. The minimum absolute atomic E-state index is 0. The molecule has 2 aromatic heterocycles. The molecule has 0 atom stereocenters. The van der Waals surface area contributed by atoms with Crippen LogP contribution in [0.15, 0.2) is 83.2 Å². The van der Waals surface area contributed by atoms with Gasteiger partial charge in [-0.1, -0.05) is 74.5 Å². The van der Waals surface area contributed by atoms with Crippen molar-refractivity contribution in [3.05, 3.63) is 95.1 Å². The van der Waals surface area contributed by atoms with Crippen LogP contribution in [0.25, 0.3) is 0 Å². The van der Waals surface area contributed by atoms with Gasteiger partial charge in [0.15, 0.2) is 16.7 Å². The number of thioether (sulfide) groups is 1. The minimum atomic E-state index is 0. The van der Waals surface area contributed by atoms with Gasteiger partial charge >= 0.3 is 0 Å². The van der Waals surface area contributed by atoms with Crippen molar-refractivity contribution < 1.29 is 4.74 Å². The van der Waals surface area contributed by atoms with Gasteiger partial charge in [0.1, 0.15) is 6.61 Å². The number of pyridine rings is 1. The van der Waals surface area contributed by atoms with E-state index in [-0.39, 0.29) is 12.4 Å². The summed E-state index contributed by atoms with van der Waals surface area (Å²) in [5.41, 5.74) is 3.48. The third-order valence-corrected chi connectivity index (χ3v) is 6.46. The van der Waals surface area contributed by atoms with Gasteiger partial charge in [-0.3, -0.25) is 0 Å². The first-order valence-electron chi connectivity index (χ1n) is 10.2. The van der Waals surface area contributed by atoms with Gasteiger partial charge in [0.2, 0.25) is 0 Å². The summed E-state index contributed by atoms with van der Waals surface area (Å²) in [4.78, 5) is 10.4. The fourth-order valence-corrected chi connectivity index (χ4v) is 4.61. The molecule has 32 heavy (non-hydrogen) atoms. The zero-order valence-corrected chi connectivity index (χ0v) is 20.5. The fourth-order valence-electron chi connectivity index (χ4n) is 2.90. The third-order valence-electron chi connectivity index (χ3n) is 4.65. The lowest BCUT2D eigenvalue weighted by molar-refractivity contribution is 0.306. The number of anilines is 2. The van der Waals surface area contributed by atoms with Crippen molar-refractivity contribution >= 4 is 46.5 Å². The first-order valence-corrected chi connectivity index (χ1v) is 12.1. The van der Waals surface area contributed by atoms with Crippen molar-refractivity contribution in [3.63, 3.8) is 0 Å². The van der Waals surface area contributed by atoms with Crippen LogP contribution in [0.2, 0.25) is 0 Å². The Bertz CT molecular complexity index is 1100. The average molecular weight is 484 g/mol. The number of hydrogen-bond donors (Lipinski definition) is 1. The van der Waals surface area contributed by atoms with Crippen LogP contribution < -0.4 is 10.1 Å². The van der Waals surface area contributed by atoms with Crippen molar-refractivity contribution in [1.82, 2.24) is 9.97 Å². The van der Waals surface area contributed by atoms with Crippen LogP contribution >= 0.6 is 35.5 Å². The molecule has 0 fully saturated rings. The van der Waals surface area contributed by atoms with E-state index in [1.165, 1.54) is 5.56 Å². The van der Waals surface area contributed by atoms with Gasteiger partial charge in [0.25, 0.3) is 0 Å². The number of nitrogens with one attached hydrogen (secondary N) is 1. The number of rotatable bonds is 9. The van der Waals surface area contributed by atoms with Gasteiger partial charge in [-0.2, -0.15) is 0 Å². The Kier molecular flexibility index (Phi) is 8.97. The topological polar surface area (TPSA) is 47.0 Å². The number of halogens is 1. The minimum Gasteiger partial charge on any atom is -0.485 e. The van der Waals surface area contributed by atoms with Gasteiger partial charge in [0.05, 0.1) is 5.69 Å². The summed E-state index contributed by atoms with van der Waals surface area (Å²) in [5, 5.41) is 6.26. The quantitative estimate of drug-likeness (QED) is 0.247. The van der Waals surface area contributed by atoms with E-state index in [9.17, 15) is 0 Å². The van der Waals surface area contributed by atoms with Crippen molar-refractivity contribution in [1.29, 1.82) is 0 Å². The summed E-state index contributed by atoms with van der Waals surface area (Å²) >= 11 is 3.33. The monoisotopic (exact) mass is 483 g/mol. The van der Waals surface area contributed by atoms with E-state index >= 15 is 0 Å². The fraction of sp³-hybridized carbons (Fsp3) is 0.200. The molecule has 7 heteroatoms. The van der Waals surface area contributed by atoms with E-state index in [0.717, 1.165) is 32.8 Å². The first-order chi connectivity index (χ1) is 15.2. The lowest BCUT2D eigenvalue weighted by Crippen LogP contribution is -2.02. The second-order valence-corrected chi connectivity index (χ2v) is 9.33. The molecule has 166 valence electrons. The van der Waals surface area contributed by atoms with Crippen molar-refractivity contribution in [2.45, 2.75) is 37.0 Å². The second kappa shape index (κ2) is 11.9. The third kappa shape index (κ3) is 6.73. The molecular formula is C25H26ClN3OS2. The standard InChI is InChI=1S/C25H25N3OS2.ClH/c1-18(2)22-17-31-25(27-22)28-24-23(29-15-19-9-5-3-6-10-19)13-21(14-26-24)30-16-20-11-7-4-8-12-20;/h3-14,17-18H,15-16H2,1-2H3,(H,26,27,28);1H. The Morgan fingerprint density at radius 3 is 2.34 bits per heavy atom. The SMILES string of the molecule is CC(C)c1csc(Nc2ncc(SCc3ccccc3)cc2OCc2ccccc2)n1.Cl. The zero-order valence-electron chi connectivity index (χ0n) is 18.0. The van der Waals surface area contributed by atoms with Crippen LogP contribution in [0.5, 0.6) is 5.75 Å². The maximum Gasteiger partial charge on any atom is 0.188 e. The van der Waals surface area contributed by atoms with E-state index in [4.69, 9.17) is 4.74 Å². The molecule has 0 unspecified atom stereocenters. The van der Waals surface area contributed by atoms with Crippen LogP contribution in [0.4, 0.5) is 10.9 Å². The lowest BCUT2D eigenvalue weighted by atomic mass is 10.2. The Morgan fingerprint density at radius 2 is 1.69 bits per heavy atom. The molecular weight excluding hydrogens is 458 g/mol. The highest BCUT2D eigenvalue weighted by Gasteiger charge is 2.12. The highest BCUT2D eigenvalue weighted by Crippen LogP contribution is 2.33. The lowest BCUT2D eigenvalue weighted by Gasteiger charge is -2.13. The molecule has 4 nitrogen and oxygen atoms in total. The van der Waals surface area contributed by atoms with Crippen LogP contribution in [-0.4, -0.2) is 9.97 Å². The van der Waals surface area contributed by atoms with Gasteiger partial charge < -0.3 is 10.1 Å². The van der Waals surface area contributed by atoms with E-state index in [1.807, 2.05) is 30.5 Å². The normalized spacial score (nSPS) is 10.6. The molecule has 0 aliphatic heterocycles. The van der Waals surface area contributed by atoms with Crippen molar-refractivity contribution in [2.75, 3.05) is 5.32 Å². The summed E-state index contributed by atoms with van der Waals surface area (Å²) in [5.74, 6) is 2.69. The Hall–Kier alpha value is -2.54. The number of hydrogen-bond acceptors (Lipinski definition) is 6. The van der Waals surface area contributed by atoms with E-state index in [1.54, 1.807) is 23.1 Å². The molecule has 0 aliphatic carbocycles. The van der Waals surface area contributed by atoms with Crippen LogP contribution in [-0.2, 0) is 12.4 Å². The molecule has 0 bridgehead atoms. The predicted molar refractivity (Wildman–Crippen MR) is 138 cm³/mol. The summed E-state index contributed by atoms with van der Waals surface area (Å²) in [6.45, 7) is 4.77. The van der Waals surface area contributed by atoms with Crippen molar-refractivity contribution in [3.8, 4) is 5.75 Å². The molecule has 2 aromatic carbocycles. The van der Waals surface area contributed by atoms with Crippen molar-refractivity contribution in [2.24, 2.45) is 0 Å².